The van der Waals surface area contributed by atoms with Crippen molar-refractivity contribution in [3.05, 3.63) is 0 Å². The fraction of sp³-hybridized carbons (Fsp3) is 0.963. The first kappa shape index (κ1) is 26.3. The van der Waals surface area contributed by atoms with Crippen LogP contribution < -0.4 is 21.7 Å². The average Bonchev–Trinajstić information content (AvgIpc) is 2.77. The number of nitrogens with two attached hydrogens (primary N) is 1. The van der Waals surface area contributed by atoms with Crippen molar-refractivity contribution >= 4 is 5.91 Å². The molecule has 7 heteroatoms. The number of rotatable bonds is 6. The van der Waals surface area contributed by atoms with Crippen molar-refractivity contribution in [3.8, 4) is 0 Å². The summed E-state index contributed by atoms with van der Waals surface area (Å²) in [4.78, 5) is 11.1. The summed E-state index contributed by atoms with van der Waals surface area (Å²) in [6.07, 6.45) is 10.1. The zero-order valence-electron chi connectivity index (χ0n) is 21.8. The Morgan fingerprint density at radius 1 is 0.765 bits per heavy atom. The molecule has 196 valence electrons. The van der Waals surface area contributed by atoms with Crippen molar-refractivity contribution in [1.82, 2.24) is 16.0 Å². The van der Waals surface area contributed by atoms with Crippen LogP contribution in [-0.2, 0) is 9.53 Å². The number of aliphatic hydroxyl groups is 1. The van der Waals surface area contributed by atoms with Crippen LogP contribution in [0.1, 0.15) is 85.5 Å². The number of carbonyl (C=O) groups excluding carboxylic acids is 1. The van der Waals surface area contributed by atoms with Gasteiger partial charge in [-0.25, -0.2) is 0 Å². The van der Waals surface area contributed by atoms with Gasteiger partial charge in [0.05, 0.1) is 30.7 Å². The van der Waals surface area contributed by atoms with Crippen molar-refractivity contribution in [3.63, 3.8) is 0 Å². The minimum Gasteiger partial charge on any atom is -0.393 e. The number of primary amides is 1. The van der Waals surface area contributed by atoms with Crippen molar-refractivity contribution in [2.45, 2.75) is 116 Å². The Kier molecular flexibility index (Phi) is 8.95. The van der Waals surface area contributed by atoms with Crippen LogP contribution in [0.15, 0.2) is 0 Å². The van der Waals surface area contributed by atoms with E-state index in [1.165, 1.54) is 38.5 Å². The summed E-state index contributed by atoms with van der Waals surface area (Å²) in [5.41, 5.74) is 5.25. The van der Waals surface area contributed by atoms with Crippen molar-refractivity contribution in [2.75, 3.05) is 6.61 Å². The Morgan fingerprint density at radius 3 is 1.68 bits per heavy atom. The molecule has 3 saturated carbocycles. The SMILES string of the molecule is CC1CCC(C2NC(C3CCC(C)CC3C)NC(C3CCC(OCC(N)=O)CC3O)N2)C(C)C1. The van der Waals surface area contributed by atoms with E-state index in [9.17, 15) is 9.90 Å². The first-order valence-corrected chi connectivity index (χ1v) is 14.1. The fourth-order valence-corrected chi connectivity index (χ4v) is 7.71. The first-order valence-electron chi connectivity index (χ1n) is 14.1. The van der Waals surface area contributed by atoms with Crippen LogP contribution in [-0.4, -0.2) is 48.3 Å². The van der Waals surface area contributed by atoms with Gasteiger partial charge >= 0.3 is 0 Å². The lowest BCUT2D eigenvalue weighted by atomic mass is 9.71. The summed E-state index contributed by atoms with van der Waals surface area (Å²) < 4.78 is 5.64. The molecule has 1 aliphatic heterocycles. The van der Waals surface area contributed by atoms with Gasteiger partial charge < -0.3 is 15.6 Å². The quantitative estimate of drug-likeness (QED) is 0.402. The van der Waals surface area contributed by atoms with Crippen LogP contribution in [0.2, 0.25) is 0 Å². The van der Waals surface area contributed by atoms with Gasteiger partial charge in [0.25, 0.3) is 0 Å². The van der Waals surface area contributed by atoms with Crippen molar-refractivity contribution < 1.29 is 14.6 Å². The molecular weight excluding hydrogens is 428 g/mol. The predicted octanol–water partition coefficient (Wildman–Crippen LogP) is 2.92. The summed E-state index contributed by atoms with van der Waals surface area (Å²) in [5.74, 6) is 3.95. The van der Waals surface area contributed by atoms with Crippen molar-refractivity contribution in [2.24, 2.45) is 47.2 Å². The molecule has 0 aromatic rings. The second-order valence-electron chi connectivity index (χ2n) is 12.5. The molecule has 1 amide bonds. The average molecular weight is 479 g/mol. The Balaban J connectivity index is 1.46. The molecule has 11 atom stereocenters. The van der Waals surface area contributed by atoms with Crippen LogP contribution in [0.5, 0.6) is 0 Å². The van der Waals surface area contributed by atoms with E-state index in [0.717, 1.165) is 24.7 Å². The lowest BCUT2D eigenvalue weighted by molar-refractivity contribution is -0.127. The van der Waals surface area contributed by atoms with Crippen LogP contribution in [0.3, 0.4) is 0 Å². The Morgan fingerprint density at radius 2 is 1.24 bits per heavy atom. The Hall–Kier alpha value is -0.730. The highest BCUT2D eigenvalue weighted by molar-refractivity contribution is 5.75. The van der Waals surface area contributed by atoms with Gasteiger partial charge in [-0.3, -0.25) is 20.7 Å². The summed E-state index contributed by atoms with van der Waals surface area (Å²) in [6.45, 7) is 9.57. The Bertz CT molecular complexity index is 644. The molecular formula is C27H50N4O3. The largest absolute Gasteiger partial charge is 0.393 e. The normalized spacial score (nSPS) is 48.4. The van der Waals surface area contributed by atoms with Gasteiger partial charge in [0.1, 0.15) is 6.61 Å². The van der Waals surface area contributed by atoms with E-state index in [0.29, 0.717) is 30.1 Å². The van der Waals surface area contributed by atoms with Gasteiger partial charge in [-0.05, 0) is 80.5 Å². The highest BCUT2D eigenvalue weighted by atomic mass is 16.5. The molecule has 7 nitrogen and oxygen atoms in total. The summed E-state index contributed by atoms with van der Waals surface area (Å²) in [6, 6.07) is 0. The smallest absolute Gasteiger partial charge is 0.243 e. The number of ether oxygens (including phenoxy) is 1. The number of hydrogen-bond acceptors (Lipinski definition) is 6. The molecule has 4 fully saturated rings. The second kappa shape index (κ2) is 11.5. The van der Waals surface area contributed by atoms with Crippen LogP contribution in [0.25, 0.3) is 0 Å². The second-order valence-corrected chi connectivity index (χ2v) is 12.5. The Labute approximate surface area is 206 Å². The number of aliphatic hydroxyl groups excluding tert-OH is 1. The van der Waals surface area contributed by atoms with Gasteiger partial charge in [-0.15, -0.1) is 0 Å². The van der Waals surface area contributed by atoms with E-state index in [2.05, 4.69) is 43.6 Å². The molecule has 3 aliphatic carbocycles. The molecule has 0 spiro atoms. The van der Waals surface area contributed by atoms with E-state index in [-0.39, 0.29) is 37.1 Å². The van der Waals surface area contributed by atoms with E-state index in [1.807, 2.05) is 0 Å². The van der Waals surface area contributed by atoms with Crippen LogP contribution in [0.4, 0.5) is 0 Å². The fourth-order valence-electron chi connectivity index (χ4n) is 7.71. The third-order valence-corrected chi connectivity index (χ3v) is 9.64. The van der Waals surface area contributed by atoms with Crippen LogP contribution >= 0.6 is 0 Å². The van der Waals surface area contributed by atoms with Gasteiger partial charge in [-0.1, -0.05) is 40.5 Å². The maximum Gasteiger partial charge on any atom is 0.243 e. The zero-order valence-corrected chi connectivity index (χ0v) is 21.8. The zero-order chi connectivity index (χ0) is 24.4. The molecule has 1 heterocycles. The van der Waals surface area contributed by atoms with Gasteiger partial charge in [-0.2, -0.15) is 0 Å². The van der Waals surface area contributed by atoms with E-state index in [4.69, 9.17) is 10.5 Å². The third kappa shape index (κ3) is 6.33. The minimum absolute atomic E-state index is 0.0635. The summed E-state index contributed by atoms with van der Waals surface area (Å²) >= 11 is 0. The third-order valence-electron chi connectivity index (χ3n) is 9.64. The van der Waals surface area contributed by atoms with Gasteiger partial charge in [0, 0.05) is 5.92 Å². The molecule has 4 rings (SSSR count). The van der Waals surface area contributed by atoms with Crippen molar-refractivity contribution in [1.29, 1.82) is 0 Å². The summed E-state index contributed by atoms with van der Waals surface area (Å²) in [5, 5.41) is 23.0. The lowest BCUT2D eigenvalue weighted by Gasteiger charge is -2.52. The molecule has 0 aromatic carbocycles. The number of amides is 1. The van der Waals surface area contributed by atoms with Gasteiger partial charge in [0.15, 0.2) is 0 Å². The molecule has 4 aliphatic rings. The number of carbonyl (C=O) groups is 1. The number of nitrogens with one attached hydrogen (secondary N) is 3. The standard InChI is InChI=1S/C27H50N4O3/c1-15-5-8-20(17(3)11-15)25-29-26(21-9-6-16(2)12-18(21)4)31-27(30-25)22-10-7-19(13-23(22)32)34-14-24(28)33/h15-23,25-27,29-32H,5-14H2,1-4H3,(H2,28,33). The minimum atomic E-state index is -0.455. The van der Waals surface area contributed by atoms with E-state index in [1.54, 1.807) is 0 Å². The molecule has 11 unspecified atom stereocenters. The highest BCUT2D eigenvalue weighted by Crippen LogP contribution is 2.39. The molecule has 0 aromatic heterocycles. The number of hydrogen-bond donors (Lipinski definition) is 5. The van der Waals surface area contributed by atoms with Crippen LogP contribution in [0, 0.1) is 41.4 Å². The monoisotopic (exact) mass is 478 g/mol. The topological polar surface area (TPSA) is 109 Å². The molecule has 0 bridgehead atoms. The van der Waals surface area contributed by atoms with Gasteiger partial charge in [0.2, 0.25) is 5.91 Å². The maximum atomic E-state index is 11.1. The molecule has 6 N–H and O–H groups in total. The maximum absolute atomic E-state index is 11.1. The van der Waals surface area contributed by atoms with E-state index >= 15 is 0 Å². The molecule has 34 heavy (non-hydrogen) atoms. The molecule has 1 saturated heterocycles. The molecule has 0 radical (unpaired) electrons. The summed E-state index contributed by atoms with van der Waals surface area (Å²) in [7, 11) is 0. The lowest BCUT2D eigenvalue weighted by Crippen LogP contribution is -2.74. The first-order chi connectivity index (χ1) is 16.2. The van der Waals surface area contributed by atoms with E-state index < -0.39 is 12.0 Å². The predicted molar refractivity (Wildman–Crippen MR) is 134 cm³/mol. The highest BCUT2D eigenvalue weighted by Gasteiger charge is 2.45.